The molecule has 4 heteroatoms. The molecule has 0 aromatic heterocycles. The first-order valence-corrected chi connectivity index (χ1v) is 5.26. The Balaban J connectivity index is 2.38. The van der Waals surface area contributed by atoms with E-state index in [0.717, 1.165) is 6.42 Å². The Bertz CT molecular complexity index is 284. The number of benzene rings is 1. The predicted octanol–water partition coefficient (Wildman–Crippen LogP) is 0.607. The quantitative estimate of drug-likeness (QED) is 0.715. The van der Waals surface area contributed by atoms with Gasteiger partial charge in [0.2, 0.25) is 0 Å². The molecule has 0 amide bonds. The van der Waals surface area contributed by atoms with Crippen molar-refractivity contribution in [3.63, 3.8) is 0 Å². The normalized spacial score (nSPS) is 12.4. The molecule has 1 rings (SSSR count). The van der Waals surface area contributed by atoms with Crippen LogP contribution in [0.5, 0.6) is 5.75 Å². The highest BCUT2D eigenvalue weighted by molar-refractivity contribution is 5.27. The molecule has 4 nitrogen and oxygen atoms in total. The van der Waals surface area contributed by atoms with Crippen molar-refractivity contribution in [3.8, 4) is 5.75 Å². The average molecular weight is 226 g/mol. The first-order chi connectivity index (χ1) is 7.76. The van der Waals surface area contributed by atoms with Crippen molar-refractivity contribution in [3.05, 3.63) is 29.8 Å². The van der Waals surface area contributed by atoms with E-state index < -0.39 is 6.10 Å². The molecule has 0 heterocycles. The molecule has 1 aromatic rings. The minimum Gasteiger partial charge on any atom is -0.491 e. The van der Waals surface area contributed by atoms with Gasteiger partial charge in [0.05, 0.1) is 13.2 Å². The number of hydrogen-bond acceptors (Lipinski definition) is 4. The molecule has 0 bridgehead atoms. The lowest BCUT2D eigenvalue weighted by atomic mass is 10.1. The van der Waals surface area contributed by atoms with Crippen molar-refractivity contribution in [2.24, 2.45) is 0 Å². The molecule has 2 N–H and O–H groups in total. The zero-order valence-corrected chi connectivity index (χ0v) is 9.43. The fourth-order valence-electron chi connectivity index (χ4n) is 1.22. The summed E-state index contributed by atoms with van der Waals surface area (Å²) in [6.07, 6.45) is 0.0453. The molecule has 1 atom stereocenters. The minimum atomic E-state index is -0.826. The van der Waals surface area contributed by atoms with Crippen LogP contribution in [0, 0.1) is 0 Å². The number of rotatable bonds is 7. The van der Waals surface area contributed by atoms with E-state index in [1.807, 2.05) is 24.3 Å². The third-order valence-corrected chi connectivity index (χ3v) is 2.17. The van der Waals surface area contributed by atoms with Crippen LogP contribution >= 0.6 is 0 Å². The van der Waals surface area contributed by atoms with Crippen molar-refractivity contribution < 1.29 is 19.7 Å². The monoisotopic (exact) mass is 226 g/mol. The van der Waals surface area contributed by atoms with Crippen LogP contribution in [0.3, 0.4) is 0 Å². The highest BCUT2D eigenvalue weighted by atomic mass is 16.5. The Kier molecular flexibility index (Phi) is 5.85. The molecular weight excluding hydrogens is 208 g/mol. The molecule has 0 saturated carbocycles. The van der Waals surface area contributed by atoms with E-state index in [9.17, 15) is 0 Å². The maximum absolute atomic E-state index is 9.10. The Hall–Kier alpha value is -1.10. The Morgan fingerprint density at radius 2 is 1.94 bits per heavy atom. The number of ether oxygens (including phenoxy) is 2. The van der Waals surface area contributed by atoms with E-state index in [1.165, 1.54) is 5.56 Å². The lowest BCUT2D eigenvalue weighted by molar-refractivity contribution is 0.0536. The summed E-state index contributed by atoms with van der Waals surface area (Å²) in [5, 5.41) is 17.7. The number of hydrogen-bond donors (Lipinski definition) is 2. The molecule has 0 spiro atoms. The summed E-state index contributed by atoms with van der Waals surface area (Å²) in [6, 6.07) is 7.60. The lowest BCUT2D eigenvalue weighted by Gasteiger charge is -2.10. The second-order valence-corrected chi connectivity index (χ2v) is 3.53. The topological polar surface area (TPSA) is 58.9 Å². The standard InChI is InChI=1S/C12H18O4/c1-15-7-6-10-2-4-12(5-3-10)16-9-11(14)8-13/h2-5,11,13-14H,6-9H2,1H3/t11-/m0/s1. The molecule has 0 aliphatic heterocycles. The fraction of sp³-hybridized carbons (Fsp3) is 0.500. The molecule has 16 heavy (non-hydrogen) atoms. The van der Waals surface area contributed by atoms with Crippen LogP contribution in [0.25, 0.3) is 0 Å². The zero-order chi connectivity index (χ0) is 11.8. The van der Waals surface area contributed by atoms with Gasteiger partial charge in [0.1, 0.15) is 18.5 Å². The van der Waals surface area contributed by atoms with Crippen molar-refractivity contribution in [2.75, 3.05) is 26.9 Å². The summed E-state index contributed by atoms with van der Waals surface area (Å²) in [5.74, 6) is 0.689. The van der Waals surface area contributed by atoms with Gasteiger partial charge in [0, 0.05) is 7.11 Å². The van der Waals surface area contributed by atoms with E-state index in [-0.39, 0.29) is 13.2 Å². The fourth-order valence-corrected chi connectivity index (χ4v) is 1.22. The number of methoxy groups -OCH3 is 1. The second kappa shape index (κ2) is 7.22. The van der Waals surface area contributed by atoms with Gasteiger partial charge in [0.15, 0.2) is 0 Å². The molecule has 0 aliphatic carbocycles. The minimum absolute atomic E-state index is 0.105. The predicted molar refractivity (Wildman–Crippen MR) is 60.6 cm³/mol. The van der Waals surface area contributed by atoms with Crippen LogP contribution in [0.1, 0.15) is 5.56 Å². The van der Waals surface area contributed by atoms with Gasteiger partial charge in [-0.25, -0.2) is 0 Å². The van der Waals surface area contributed by atoms with Gasteiger partial charge < -0.3 is 19.7 Å². The molecule has 0 radical (unpaired) electrons. The smallest absolute Gasteiger partial charge is 0.119 e. The van der Waals surface area contributed by atoms with Gasteiger partial charge in [-0.1, -0.05) is 12.1 Å². The summed E-state index contributed by atoms with van der Waals surface area (Å²) in [4.78, 5) is 0. The highest BCUT2D eigenvalue weighted by Gasteiger charge is 2.02. The Morgan fingerprint density at radius 1 is 1.25 bits per heavy atom. The number of aliphatic hydroxyl groups is 2. The van der Waals surface area contributed by atoms with Crippen LogP contribution in [0.4, 0.5) is 0 Å². The van der Waals surface area contributed by atoms with E-state index >= 15 is 0 Å². The third-order valence-electron chi connectivity index (χ3n) is 2.17. The van der Waals surface area contributed by atoms with E-state index in [4.69, 9.17) is 19.7 Å². The number of aliphatic hydroxyl groups excluding tert-OH is 2. The lowest BCUT2D eigenvalue weighted by Crippen LogP contribution is -2.21. The first-order valence-electron chi connectivity index (χ1n) is 5.26. The van der Waals surface area contributed by atoms with Crippen molar-refractivity contribution in [1.82, 2.24) is 0 Å². The molecule has 0 fully saturated rings. The van der Waals surface area contributed by atoms with Crippen LogP contribution < -0.4 is 4.74 Å². The largest absolute Gasteiger partial charge is 0.491 e. The van der Waals surface area contributed by atoms with Gasteiger partial charge in [-0.2, -0.15) is 0 Å². The SMILES string of the molecule is COCCc1ccc(OC[C@@H](O)CO)cc1. The van der Waals surface area contributed by atoms with Gasteiger partial charge in [-0.3, -0.25) is 0 Å². The molecular formula is C12H18O4. The van der Waals surface area contributed by atoms with Crippen molar-refractivity contribution in [2.45, 2.75) is 12.5 Å². The van der Waals surface area contributed by atoms with Crippen LogP contribution in [0.2, 0.25) is 0 Å². The Morgan fingerprint density at radius 3 is 2.50 bits per heavy atom. The summed E-state index contributed by atoms with van der Waals surface area (Å²) in [7, 11) is 1.67. The highest BCUT2D eigenvalue weighted by Crippen LogP contribution is 2.12. The summed E-state index contributed by atoms with van der Waals surface area (Å²) in [6.45, 7) is 0.517. The van der Waals surface area contributed by atoms with E-state index in [2.05, 4.69) is 0 Å². The summed E-state index contributed by atoms with van der Waals surface area (Å²) >= 11 is 0. The molecule has 0 saturated heterocycles. The molecule has 90 valence electrons. The van der Waals surface area contributed by atoms with Crippen LogP contribution in [-0.4, -0.2) is 43.2 Å². The zero-order valence-electron chi connectivity index (χ0n) is 9.43. The van der Waals surface area contributed by atoms with E-state index in [1.54, 1.807) is 7.11 Å². The second-order valence-electron chi connectivity index (χ2n) is 3.53. The molecule has 1 aromatic carbocycles. The molecule has 0 unspecified atom stereocenters. The maximum atomic E-state index is 9.10. The van der Waals surface area contributed by atoms with Gasteiger partial charge in [0.25, 0.3) is 0 Å². The molecule has 0 aliphatic rings. The van der Waals surface area contributed by atoms with Gasteiger partial charge >= 0.3 is 0 Å². The van der Waals surface area contributed by atoms with Gasteiger partial charge in [-0.15, -0.1) is 0 Å². The van der Waals surface area contributed by atoms with Crippen LogP contribution in [0.15, 0.2) is 24.3 Å². The third kappa shape index (κ3) is 4.61. The summed E-state index contributed by atoms with van der Waals surface area (Å²) < 4.78 is 10.3. The van der Waals surface area contributed by atoms with Crippen molar-refractivity contribution >= 4 is 0 Å². The summed E-state index contributed by atoms with van der Waals surface area (Å²) in [5.41, 5.74) is 1.18. The van der Waals surface area contributed by atoms with Crippen molar-refractivity contribution in [1.29, 1.82) is 0 Å². The van der Waals surface area contributed by atoms with E-state index in [0.29, 0.717) is 12.4 Å². The van der Waals surface area contributed by atoms with Gasteiger partial charge in [-0.05, 0) is 24.1 Å². The first kappa shape index (κ1) is 13.0. The average Bonchev–Trinajstić information content (AvgIpc) is 2.34. The maximum Gasteiger partial charge on any atom is 0.119 e. The Labute approximate surface area is 95.4 Å². The van der Waals surface area contributed by atoms with Crippen LogP contribution in [-0.2, 0) is 11.2 Å².